The largest absolute Gasteiger partial charge is 0.393 e. The van der Waals surface area contributed by atoms with Crippen molar-refractivity contribution < 1.29 is 5.11 Å². The minimum Gasteiger partial charge on any atom is -0.393 e. The molecule has 3 fully saturated rings. The zero-order valence-electron chi connectivity index (χ0n) is 19.8. The Balaban J connectivity index is 1.49. The van der Waals surface area contributed by atoms with Gasteiger partial charge in [-0.2, -0.15) is 0 Å². The molecule has 3 saturated carbocycles. The van der Waals surface area contributed by atoms with Crippen LogP contribution in [0.2, 0.25) is 0 Å². The molecule has 29 heavy (non-hydrogen) atoms. The van der Waals surface area contributed by atoms with E-state index >= 15 is 0 Å². The van der Waals surface area contributed by atoms with E-state index in [9.17, 15) is 5.11 Å². The lowest BCUT2D eigenvalue weighted by Gasteiger charge is -2.58. The van der Waals surface area contributed by atoms with Gasteiger partial charge in [0.2, 0.25) is 0 Å². The predicted molar refractivity (Wildman–Crippen MR) is 124 cm³/mol. The van der Waals surface area contributed by atoms with E-state index in [0.29, 0.717) is 16.7 Å². The maximum atomic E-state index is 10.2. The fourth-order valence-electron chi connectivity index (χ4n) is 8.58. The molecule has 0 bridgehead atoms. The van der Waals surface area contributed by atoms with Gasteiger partial charge in [0.1, 0.15) is 0 Å². The summed E-state index contributed by atoms with van der Waals surface area (Å²) in [5.41, 5.74) is 3.90. The van der Waals surface area contributed by atoms with Gasteiger partial charge in [0.15, 0.2) is 0 Å². The number of hydrogen-bond donors (Lipinski definition) is 1. The first-order valence-electron chi connectivity index (χ1n) is 12.7. The first-order chi connectivity index (χ1) is 13.7. The predicted octanol–water partition coefficient (Wildman–Crippen LogP) is 7.55. The molecule has 0 spiro atoms. The van der Waals surface area contributed by atoms with Crippen molar-refractivity contribution >= 4 is 0 Å². The van der Waals surface area contributed by atoms with Crippen LogP contribution in [0.5, 0.6) is 0 Å². The minimum atomic E-state index is -0.0852. The lowest BCUT2D eigenvalue weighted by molar-refractivity contribution is -0.0573. The molecule has 1 unspecified atom stereocenters. The Morgan fingerprint density at radius 3 is 2.59 bits per heavy atom. The zero-order valence-corrected chi connectivity index (χ0v) is 19.8. The average molecular weight is 399 g/mol. The molecule has 0 aromatic carbocycles. The second kappa shape index (κ2) is 7.85. The summed E-state index contributed by atoms with van der Waals surface area (Å²) in [6.45, 7) is 16.5. The first-order valence-corrected chi connectivity index (χ1v) is 12.7. The monoisotopic (exact) mass is 398 g/mol. The first kappa shape index (κ1) is 21.7. The minimum absolute atomic E-state index is 0.0852. The van der Waals surface area contributed by atoms with Crippen molar-refractivity contribution in [1.82, 2.24) is 0 Å². The number of fused-ring (bicyclic) bond motifs is 5. The van der Waals surface area contributed by atoms with Gasteiger partial charge in [-0.25, -0.2) is 0 Å². The molecule has 4 aliphatic rings. The molecule has 4 aliphatic carbocycles. The Bertz CT molecular complexity index is 661. The van der Waals surface area contributed by atoms with Crippen LogP contribution in [0.15, 0.2) is 23.8 Å². The number of hydrogen-bond acceptors (Lipinski definition) is 1. The highest BCUT2D eigenvalue weighted by atomic mass is 16.3. The standard InChI is InChI=1S/C28H46O/c1-18(2)19(3)7-8-20(4)24-11-12-25-23-10-9-21-17-22(29)13-15-27(21,5)26(23)14-16-28(24,25)6/h9,19-20,22-26,29H,1,7-8,10-17H2,2-6H3/t19?,20-,22+,23+,24-,25+,26+,27+,28-/m1/s1. The van der Waals surface area contributed by atoms with Crippen molar-refractivity contribution in [2.45, 2.75) is 105 Å². The van der Waals surface area contributed by atoms with E-state index in [1.54, 1.807) is 5.57 Å². The quantitative estimate of drug-likeness (QED) is 0.474. The van der Waals surface area contributed by atoms with Gasteiger partial charge in [-0.3, -0.25) is 0 Å². The molecule has 1 N–H and O–H groups in total. The van der Waals surface area contributed by atoms with Crippen LogP contribution in [-0.4, -0.2) is 11.2 Å². The van der Waals surface area contributed by atoms with Gasteiger partial charge in [-0.15, -0.1) is 0 Å². The van der Waals surface area contributed by atoms with Crippen LogP contribution < -0.4 is 0 Å². The van der Waals surface area contributed by atoms with Crippen molar-refractivity contribution in [1.29, 1.82) is 0 Å². The van der Waals surface area contributed by atoms with Gasteiger partial charge in [0, 0.05) is 0 Å². The SMILES string of the molecule is C=C(C)C(C)CC[C@@H](C)[C@H]1CC[C@H]2[C@@H]3CC=C4C[C@@H](O)CC[C@]4(C)[C@H]3CC[C@]12C. The van der Waals surface area contributed by atoms with Crippen molar-refractivity contribution in [3.63, 3.8) is 0 Å². The van der Waals surface area contributed by atoms with Gasteiger partial charge in [-0.1, -0.05) is 51.5 Å². The lowest BCUT2D eigenvalue weighted by atomic mass is 9.47. The summed E-state index contributed by atoms with van der Waals surface area (Å²) in [5, 5.41) is 10.2. The Morgan fingerprint density at radius 2 is 1.86 bits per heavy atom. The van der Waals surface area contributed by atoms with Gasteiger partial charge in [-0.05, 0) is 117 Å². The number of aliphatic hydroxyl groups excluding tert-OH is 1. The molecule has 0 aliphatic heterocycles. The molecule has 4 rings (SSSR count). The lowest BCUT2D eigenvalue weighted by Crippen LogP contribution is -2.50. The second-order valence-electron chi connectivity index (χ2n) is 12.2. The molecule has 1 heteroatoms. The third-order valence-corrected chi connectivity index (χ3v) is 10.7. The molecule has 0 heterocycles. The summed E-state index contributed by atoms with van der Waals surface area (Å²) in [4.78, 5) is 0. The molecule has 1 nitrogen and oxygen atoms in total. The van der Waals surface area contributed by atoms with E-state index in [-0.39, 0.29) is 6.10 Å². The van der Waals surface area contributed by atoms with Gasteiger partial charge >= 0.3 is 0 Å². The van der Waals surface area contributed by atoms with Crippen LogP contribution in [0.4, 0.5) is 0 Å². The van der Waals surface area contributed by atoms with Crippen LogP contribution >= 0.6 is 0 Å². The Morgan fingerprint density at radius 1 is 1.10 bits per heavy atom. The van der Waals surface area contributed by atoms with Crippen molar-refractivity contribution in [2.75, 3.05) is 0 Å². The summed E-state index contributed by atoms with van der Waals surface area (Å²) in [7, 11) is 0. The third-order valence-electron chi connectivity index (χ3n) is 10.7. The highest BCUT2D eigenvalue weighted by Crippen LogP contribution is 2.67. The van der Waals surface area contributed by atoms with E-state index < -0.39 is 0 Å². The summed E-state index contributed by atoms with van der Waals surface area (Å²) in [5.74, 6) is 5.11. The van der Waals surface area contributed by atoms with Gasteiger partial charge in [0.05, 0.1) is 6.10 Å². The zero-order chi connectivity index (χ0) is 21.0. The topological polar surface area (TPSA) is 20.2 Å². The van der Waals surface area contributed by atoms with Crippen LogP contribution in [0.3, 0.4) is 0 Å². The molecular weight excluding hydrogens is 352 g/mol. The second-order valence-corrected chi connectivity index (χ2v) is 12.2. The molecule has 0 radical (unpaired) electrons. The average Bonchev–Trinajstić information content (AvgIpc) is 3.03. The molecule has 0 aromatic heterocycles. The summed E-state index contributed by atoms with van der Waals surface area (Å²) >= 11 is 0. The highest BCUT2D eigenvalue weighted by Gasteiger charge is 2.59. The molecule has 9 atom stereocenters. The molecule has 0 amide bonds. The molecular formula is C28H46O. The van der Waals surface area contributed by atoms with E-state index in [1.165, 1.54) is 56.9 Å². The maximum Gasteiger partial charge on any atom is 0.0577 e. The normalized spacial score (nSPS) is 46.1. The van der Waals surface area contributed by atoms with E-state index in [2.05, 4.69) is 47.3 Å². The number of allylic oxidation sites excluding steroid dienone is 2. The summed E-state index contributed by atoms with van der Waals surface area (Å²) in [6, 6.07) is 0. The van der Waals surface area contributed by atoms with E-state index in [4.69, 9.17) is 0 Å². The van der Waals surface area contributed by atoms with Crippen LogP contribution in [0.25, 0.3) is 0 Å². The van der Waals surface area contributed by atoms with Crippen molar-refractivity contribution in [2.24, 2.45) is 46.3 Å². The van der Waals surface area contributed by atoms with E-state index in [0.717, 1.165) is 42.4 Å². The molecule has 0 saturated heterocycles. The third kappa shape index (κ3) is 3.58. The smallest absolute Gasteiger partial charge is 0.0577 e. The van der Waals surface area contributed by atoms with Crippen LogP contribution in [0, 0.1) is 46.3 Å². The fraction of sp³-hybridized carbons (Fsp3) is 0.857. The fourth-order valence-corrected chi connectivity index (χ4v) is 8.58. The molecule has 164 valence electrons. The highest BCUT2D eigenvalue weighted by molar-refractivity contribution is 5.25. The summed E-state index contributed by atoms with van der Waals surface area (Å²) in [6.07, 6.45) is 15.4. The van der Waals surface area contributed by atoms with Gasteiger partial charge in [0.25, 0.3) is 0 Å². The number of rotatable bonds is 5. The van der Waals surface area contributed by atoms with Crippen LogP contribution in [-0.2, 0) is 0 Å². The van der Waals surface area contributed by atoms with Crippen molar-refractivity contribution in [3.05, 3.63) is 23.8 Å². The van der Waals surface area contributed by atoms with Crippen LogP contribution in [0.1, 0.15) is 98.8 Å². The Hall–Kier alpha value is -0.560. The Kier molecular flexibility index (Phi) is 5.86. The van der Waals surface area contributed by atoms with Crippen molar-refractivity contribution in [3.8, 4) is 0 Å². The maximum absolute atomic E-state index is 10.2. The molecule has 0 aromatic rings. The Labute approximate surface area is 180 Å². The summed E-state index contributed by atoms with van der Waals surface area (Å²) < 4.78 is 0. The number of aliphatic hydroxyl groups is 1. The van der Waals surface area contributed by atoms with E-state index in [1.807, 2.05) is 0 Å². The van der Waals surface area contributed by atoms with Gasteiger partial charge < -0.3 is 5.11 Å².